The summed E-state index contributed by atoms with van der Waals surface area (Å²) in [5.74, 6) is -1.40. The first-order chi connectivity index (χ1) is 13.1. The molecule has 0 aliphatic heterocycles. The predicted octanol–water partition coefficient (Wildman–Crippen LogP) is 4.38. The van der Waals surface area contributed by atoms with Crippen molar-refractivity contribution in [1.29, 1.82) is 0 Å². The summed E-state index contributed by atoms with van der Waals surface area (Å²) in [5.41, 5.74) is -0.989. The van der Waals surface area contributed by atoms with E-state index in [1.165, 1.54) is 29.2 Å². The van der Waals surface area contributed by atoms with Gasteiger partial charge in [-0.25, -0.2) is 4.39 Å². The third kappa shape index (κ3) is 4.12. The van der Waals surface area contributed by atoms with Crippen LogP contribution >= 0.6 is 23.2 Å². The van der Waals surface area contributed by atoms with E-state index in [1.807, 2.05) is 0 Å². The summed E-state index contributed by atoms with van der Waals surface area (Å²) in [6.07, 6.45) is -2.04. The predicted molar refractivity (Wildman–Crippen MR) is 93.9 cm³/mol. The van der Waals surface area contributed by atoms with E-state index in [2.05, 4.69) is 15.5 Å². The Kier molecular flexibility index (Phi) is 5.35. The summed E-state index contributed by atoms with van der Waals surface area (Å²) in [6, 6.07) is 3.89. The highest BCUT2D eigenvalue weighted by Gasteiger charge is 2.40. The lowest BCUT2D eigenvalue weighted by atomic mass is 10.2. The van der Waals surface area contributed by atoms with Crippen molar-refractivity contribution < 1.29 is 22.4 Å². The number of hydrogen-bond acceptors (Lipinski definition) is 3. The van der Waals surface area contributed by atoms with Gasteiger partial charge in [-0.3, -0.25) is 14.2 Å². The number of halogens is 6. The highest BCUT2D eigenvalue weighted by Crippen LogP contribution is 2.36. The Morgan fingerprint density at radius 2 is 2.00 bits per heavy atom. The molecule has 3 rings (SSSR count). The lowest BCUT2D eigenvalue weighted by Gasteiger charge is -2.06. The maximum absolute atomic E-state index is 13.1. The first-order valence-electron chi connectivity index (χ1n) is 7.63. The Hall–Kier alpha value is -2.59. The van der Waals surface area contributed by atoms with Crippen molar-refractivity contribution in [3.05, 3.63) is 63.4 Å². The molecule has 0 atom stereocenters. The molecule has 0 radical (unpaired) electrons. The Morgan fingerprint density at radius 3 is 2.61 bits per heavy atom. The minimum atomic E-state index is -4.75. The third-order valence-corrected chi connectivity index (χ3v) is 4.42. The van der Waals surface area contributed by atoms with Crippen LogP contribution < -0.4 is 5.32 Å². The normalized spacial score (nSPS) is 11.7. The van der Waals surface area contributed by atoms with Gasteiger partial charge in [0.05, 0.1) is 18.4 Å². The van der Waals surface area contributed by atoms with E-state index in [4.69, 9.17) is 23.2 Å². The number of nitrogens with one attached hydrogen (secondary N) is 1. The number of alkyl halides is 3. The number of aromatic nitrogens is 4. The molecule has 0 saturated carbocycles. The van der Waals surface area contributed by atoms with Crippen LogP contribution in [-0.4, -0.2) is 25.5 Å². The van der Waals surface area contributed by atoms with E-state index in [0.29, 0.717) is 10.2 Å². The minimum absolute atomic E-state index is 0.192. The summed E-state index contributed by atoms with van der Waals surface area (Å²) in [5, 5.41) is 9.35. The lowest BCUT2D eigenvalue weighted by Crippen LogP contribution is -2.13. The summed E-state index contributed by atoms with van der Waals surface area (Å²) in [7, 11) is 1.04. The number of rotatable bonds is 4. The van der Waals surface area contributed by atoms with E-state index >= 15 is 0 Å². The van der Waals surface area contributed by atoms with Crippen LogP contribution in [0.3, 0.4) is 0 Å². The Bertz CT molecular complexity index is 1040. The number of carbonyl (C=O) groups excluding carboxylic acids is 1. The first-order valence-corrected chi connectivity index (χ1v) is 8.39. The molecule has 12 heteroatoms. The van der Waals surface area contributed by atoms with Crippen molar-refractivity contribution in [3.63, 3.8) is 0 Å². The Morgan fingerprint density at radius 1 is 1.29 bits per heavy atom. The van der Waals surface area contributed by atoms with Gasteiger partial charge in [0.1, 0.15) is 10.8 Å². The molecule has 28 heavy (non-hydrogen) atoms. The standard InChI is InChI=1S/C16H11Cl2F4N5O/c1-26-14(16(20,21)22)12(18)13(25-26)15(28)24-10-5-23-27(7-10)6-8-2-3-9(19)4-11(8)17/h2-5,7H,6H2,1H3,(H,24,28). The second kappa shape index (κ2) is 7.44. The van der Waals surface area contributed by atoms with Gasteiger partial charge in [0.25, 0.3) is 5.91 Å². The fourth-order valence-electron chi connectivity index (χ4n) is 2.48. The van der Waals surface area contributed by atoms with Gasteiger partial charge in [0.15, 0.2) is 11.4 Å². The van der Waals surface area contributed by atoms with Crippen LogP contribution in [0, 0.1) is 5.82 Å². The average molecular weight is 436 g/mol. The molecule has 1 aromatic carbocycles. The molecule has 2 aromatic heterocycles. The highest BCUT2D eigenvalue weighted by molar-refractivity contribution is 6.34. The zero-order valence-corrected chi connectivity index (χ0v) is 15.6. The molecule has 0 aliphatic carbocycles. The van der Waals surface area contributed by atoms with E-state index in [0.717, 1.165) is 13.1 Å². The van der Waals surface area contributed by atoms with Crippen LogP contribution in [0.1, 0.15) is 21.7 Å². The molecule has 1 amide bonds. The lowest BCUT2D eigenvalue weighted by molar-refractivity contribution is -0.143. The molecule has 0 unspecified atom stereocenters. The van der Waals surface area contributed by atoms with Crippen molar-refractivity contribution >= 4 is 34.8 Å². The van der Waals surface area contributed by atoms with Gasteiger partial charge in [0, 0.05) is 18.3 Å². The van der Waals surface area contributed by atoms with Gasteiger partial charge in [-0.1, -0.05) is 29.3 Å². The number of aryl methyl sites for hydroxylation is 1. The molecule has 3 aromatic rings. The third-order valence-electron chi connectivity index (χ3n) is 3.71. The summed E-state index contributed by atoms with van der Waals surface area (Å²) < 4.78 is 53.9. The first kappa shape index (κ1) is 20.2. The Balaban J connectivity index is 1.76. The molecule has 6 nitrogen and oxygen atoms in total. The molecule has 2 heterocycles. The largest absolute Gasteiger partial charge is 0.434 e. The molecule has 0 fully saturated rings. The van der Waals surface area contributed by atoms with Crippen LogP contribution in [0.5, 0.6) is 0 Å². The molecule has 148 valence electrons. The minimum Gasteiger partial charge on any atom is -0.318 e. The molecule has 1 N–H and O–H groups in total. The van der Waals surface area contributed by atoms with Gasteiger partial charge in [-0.05, 0) is 17.7 Å². The number of nitrogens with zero attached hydrogens (tertiary/aromatic N) is 4. The molecule has 0 bridgehead atoms. The van der Waals surface area contributed by atoms with Crippen molar-refractivity contribution in [3.8, 4) is 0 Å². The maximum atomic E-state index is 13.1. The number of amides is 1. The summed E-state index contributed by atoms with van der Waals surface area (Å²) in [4.78, 5) is 12.2. The van der Waals surface area contributed by atoms with Crippen molar-refractivity contribution in [2.45, 2.75) is 12.7 Å². The van der Waals surface area contributed by atoms with E-state index in [9.17, 15) is 22.4 Å². The fraction of sp³-hybridized carbons (Fsp3) is 0.188. The van der Waals surface area contributed by atoms with E-state index < -0.39 is 34.3 Å². The molecular weight excluding hydrogens is 425 g/mol. The SMILES string of the molecule is Cn1nc(C(=O)Nc2cnn(Cc3ccc(F)cc3Cl)c2)c(Cl)c1C(F)(F)F. The molecule has 0 spiro atoms. The number of carbonyl (C=O) groups is 1. The second-order valence-electron chi connectivity index (χ2n) is 5.75. The number of anilines is 1. The van der Waals surface area contributed by atoms with Crippen molar-refractivity contribution in [2.75, 3.05) is 5.32 Å². The van der Waals surface area contributed by atoms with Gasteiger partial charge < -0.3 is 5.32 Å². The molecular formula is C16H11Cl2F4N5O. The second-order valence-corrected chi connectivity index (χ2v) is 6.53. The summed E-state index contributed by atoms with van der Waals surface area (Å²) in [6.45, 7) is 0.192. The number of hydrogen-bond donors (Lipinski definition) is 1. The van der Waals surface area contributed by atoms with Crippen LogP contribution in [0.4, 0.5) is 23.2 Å². The quantitative estimate of drug-likeness (QED) is 0.618. The van der Waals surface area contributed by atoms with Crippen LogP contribution in [0.15, 0.2) is 30.6 Å². The van der Waals surface area contributed by atoms with Gasteiger partial charge in [-0.2, -0.15) is 23.4 Å². The topological polar surface area (TPSA) is 64.7 Å². The van der Waals surface area contributed by atoms with Crippen LogP contribution in [0.25, 0.3) is 0 Å². The zero-order valence-electron chi connectivity index (χ0n) is 14.1. The van der Waals surface area contributed by atoms with Crippen molar-refractivity contribution in [1.82, 2.24) is 19.6 Å². The van der Waals surface area contributed by atoms with Gasteiger partial charge in [0.2, 0.25) is 0 Å². The van der Waals surface area contributed by atoms with Crippen molar-refractivity contribution in [2.24, 2.45) is 7.05 Å². The van der Waals surface area contributed by atoms with Gasteiger partial charge >= 0.3 is 6.18 Å². The van der Waals surface area contributed by atoms with E-state index in [-0.39, 0.29) is 17.3 Å². The average Bonchev–Trinajstić information content (AvgIpc) is 3.13. The van der Waals surface area contributed by atoms with Crippen LogP contribution in [-0.2, 0) is 19.8 Å². The zero-order chi connectivity index (χ0) is 20.6. The fourth-order valence-corrected chi connectivity index (χ4v) is 3.06. The summed E-state index contributed by atoms with van der Waals surface area (Å²) >= 11 is 11.6. The monoisotopic (exact) mass is 435 g/mol. The molecule has 0 aliphatic rings. The van der Waals surface area contributed by atoms with E-state index in [1.54, 1.807) is 0 Å². The maximum Gasteiger partial charge on any atom is 0.434 e. The van der Waals surface area contributed by atoms with Gasteiger partial charge in [-0.15, -0.1) is 0 Å². The molecule has 0 saturated heterocycles. The smallest absolute Gasteiger partial charge is 0.318 e. The Labute approximate surface area is 165 Å². The number of benzene rings is 1. The highest BCUT2D eigenvalue weighted by atomic mass is 35.5. The van der Waals surface area contributed by atoms with Crippen LogP contribution in [0.2, 0.25) is 10.0 Å².